The van der Waals surface area contributed by atoms with E-state index in [-0.39, 0.29) is 4.90 Å². The van der Waals surface area contributed by atoms with Crippen LogP contribution in [0.1, 0.15) is 6.92 Å². The number of nitrogens with one attached hydrogen (secondary N) is 1. The summed E-state index contributed by atoms with van der Waals surface area (Å²) in [5, 5.41) is 0.340. The second-order valence-corrected chi connectivity index (χ2v) is 8.27. The molecule has 120 valence electrons. The van der Waals surface area contributed by atoms with Crippen LogP contribution < -0.4 is 9.46 Å². The van der Waals surface area contributed by atoms with E-state index in [9.17, 15) is 8.42 Å². The molecule has 0 aliphatic carbocycles. The van der Waals surface area contributed by atoms with Gasteiger partial charge >= 0.3 is 0 Å². The Hall–Kier alpha value is -1.64. The molecular formula is C15H13BrN2O3S2. The van der Waals surface area contributed by atoms with E-state index in [1.165, 1.54) is 23.5 Å². The number of thiazole rings is 1. The Bertz CT molecular complexity index is 937. The van der Waals surface area contributed by atoms with E-state index in [4.69, 9.17) is 4.74 Å². The van der Waals surface area contributed by atoms with Gasteiger partial charge in [-0.3, -0.25) is 4.72 Å². The molecule has 0 fully saturated rings. The highest BCUT2D eigenvalue weighted by molar-refractivity contribution is 9.10. The SMILES string of the molecule is CCOc1ccc(S(=O)(=O)Nc2nc3ccc(Br)cc3s2)cc1. The summed E-state index contributed by atoms with van der Waals surface area (Å²) in [5.41, 5.74) is 0.752. The van der Waals surface area contributed by atoms with Crippen LogP contribution >= 0.6 is 27.3 Å². The zero-order valence-electron chi connectivity index (χ0n) is 12.1. The molecule has 8 heteroatoms. The van der Waals surface area contributed by atoms with Crippen molar-refractivity contribution >= 4 is 52.6 Å². The molecule has 5 nitrogen and oxygen atoms in total. The van der Waals surface area contributed by atoms with E-state index in [0.717, 1.165) is 14.7 Å². The zero-order valence-corrected chi connectivity index (χ0v) is 15.3. The topological polar surface area (TPSA) is 68.3 Å². The van der Waals surface area contributed by atoms with Crippen molar-refractivity contribution in [3.63, 3.8) is 0 Å². The van der Waals surface area contributed by atoms with Crippen LogP contribution in [0.15, 0.2) is 51.8 Å². The van der Waals surface area contributed by atoms with Crippen LogP contribution in [0.2, 0.25) is 0 Å². The number of ether oxygens (including phenoxy) is 1. The van der Waals surface area contributed by atoms with Crippen LogP contribution in [-0.2, 0) is 10.0 Å². The lowest BCUT2D eigenvalue weighted by Gasteiger charge is -2.06. The Balaban J connectivity index is 1.86. The second kappa shape index (κ2) is 6.46. The number of rotatable bonds is 5. The fourth-order valence-electron chi connectivity index (χ4n) is 2.00. The molecule has 2 aromatic carbocycles. The van der Waals surface area contributed by atoms with Crippen molar-refractivity contribution in [2.75, 3.05) is 11.3 Å². The van der Waals surface area contributed by atoms with Crippen molar-refractivity contribution in [1.29, 1.82) is 0 Å². The second-order valence-electron chi connectivity index (χ2n) is 4.64. The predicted molar refractivity (Wildman–Crippen MR) is 95.7 cm³/mol. The van der Waals surface area contributed by atoms with Gasteiger partial charge in [-0.15, -0.1) is 0 Å². The van der Waals surface area contributed by atoms with Gasteiger partial charge in [0.2, 0.25) is 0 Å². The summed E-state index contributed by atoms with van der Waals surface area (Å²) in [4.78, 5) is 4.46. The molecular weight excluding hydrogens is 400 g/mol. The highest BCUT2D eigenvalue weighted by Gasteiger charge is 2.16. The smallest absolute Gasteiger partial charge is 0.263 e. The van der Waals surface area contributed by atoms with E-state index in [1.54, 1.807) is 12.1 Å². The molecule has 0 atom stereocenters. The monoisotopic (exact) mass is 412 g/mol. The van der Waals surface area contributed by atoms with Crippen molar-refractivity contribution in [1.82, 2.24) is 4.98 Å². The van der Waals surface area contributed by atoms with Crippen LogP contribution in [0.5, 0.6) is 5.75 Å². The molecule has 1 N–H and O–H groups in total. The number of aromatic nitrogens is 1. The van der Waals surface area contributed by atoms with E-state index >= 15 is 0 Å². The standard InChI is InChI=1S/C15H13BrN2O3S2/c1-2-21-11-4-6-12(7-5-11)23(19,20)18-15-17-13-8-3-10(16)9-14(13)22-15/h3-9H,2H2,1H3,(H,17,18). The van der Waals surface area contributed by atoms with Crippen LogP contribution in [0, 0.1) is 0 Å². The minimum absolute atomic E-state index is 0.168. The maximum Gasteiger partial charge on any atom is 0.263 e. The molecule has 3 aromatic rings. The average molecular weight is 413 g/mol. The molecule has 0 bridgehead atoms. The zero-order chi connectivity index (χ0) is 16.4. The first-order valence-electron chi connectivity index (χ1n) is 6.80. The van der Waals surface area contributed by atoms with E-state index in [1.807, 2.05) is 25.1 Å². The number of benzene rings is 2. The highest BCUT2D eigenvalue weighted by atomic mass is 79.9. The molecule has 0 saturated heterocycles. The molecule has 0 amide bonds. The van der Waals surface area contributed by atoms with Crippen molar-refractivity contribution in [2.45, 2.75) is 11.8 Å². The maximum absolute atomic E-state index is 12.4. The van der Waals surface area contributed by atoms with Crippen LogP contribution in [-0.4, -0.2) is 20.0 Å². The summed E-state index contributed by atoms with van der Waals surface area (Å²) in [5.74, 6) is 0.635. The molecule has 0 saturated carbocycles. The molecule has 3 rings (SSSR count). The molecule has 0 spiro atoms. The lowest BCUT2D eigenvalue weighted by atomic mass is 10.3. The summed E-state index contributed by atoms with van der Waals surface area (Å²) in [6, 6.07) is 11.9. The van der Waals surface area contributed by atoms with E-state index < -0.39 is 10.0 Å². The maximum atomic E-state index is 12.4. The van der Waals surface area contributed by atoms with Gasteiger partial charge in [-0.25, -0.2) is 13.4 Å². The fraction of sp³-hybridized carbons (Fsp3) is 0.133. The van der Waals surface area contributed by atoms with Crippen molar-refractivity contribution in [3.8, 4) is 5.75 Å². The number of fused-ring (bicyclic) bond motifs is 1. The molecule has 0 radical (unpaired) electrons. The third kappa shape index (κ3) is 3.65. The van der Waals surface area contributed by atoms with Gasteiger partial charge in [0.25, 0.3) is 10.0 Å². The van der Waals surface area contributed by atoms with Gasteiger partial charge in [-0.05, 0) is 49.4 Å². The molecule has 1 heterocycles. The van der Waals surface area contributed by atoms with Gasteiger partial charge in [0.1, 0.15) is 5.75 Å². The molecule has 23 heavy (non-hydrogen) atoms. The minimum Gasteiger partial charge on any atom is -0.494 e. The number of anilines is 1. The van der Waals surface area contributed by atoms with Gasteiger partial charge in [0, 0.05) is 4.47 Å². The van der Waals surface area contributed by atoms with Gasteiger partial charge in [0.05, 0.1) is 21.7 Å². The first-order chi connectivity index (χ1) is 11.0. The van der Waals surface area contributed by atoms with Crippen LogP contribution in [0.25, 0.3) is 10.2 Å². The summed E-state index contributed by atoms with van der Waals surface area (Å²) in [7, 11) is -3.67. The third-order valence-corrected chi connectivity index (χ3v) is 5.93. The van der Waals surface area contributed by atoms with E-state index in [2.05, 4.69) is 25.6 Å². The Morgan fingerprint density at radius 2 is 1.96 bits per heavy atom. The van der Waals surface area contributed by atoms with Gasteiger partial charge in [0.15, 0.2) is 5.13 Å². The Morgan fingerprint density at radius 3 is 2.65 bits per heavy atom. The summed E-state index contributed by atoms with van der Waals surface area (Å²) >= 11 is 4.68. The van der Waals surface area contributed by atoms with E-state index in [0.29, 0.717) is 17.5 Å². The first-order valence-corrected chi connectivity index (χ1v) is 9.89. The Labute approximate surface area is 146 Å². The van der Waals surface area contributed by atoms with Crippen molar-refractivity contribution < 1.29 is 13.2 Å². The van der Waals surface area contributed by atoms with Crippen LogP contribution in [0.4, 0.5) is 5.13 Å². The van der Waals surface area contributed by atoms with Gasteiger partial charge < -0.3 is 4.74 Å². The van der Waals surface area contributed by atoms with Gasteiger partial charge in [-0.1, -0.05) is 27.3 Å². The lowest BCUT2D eigenvalue weighted by molar-refractivity contribution is 0.340. The predicted octanol–water partition coefficient (Wildman–Crippen LogP) is 4.26. The number of halogens is 1. The fourth-order valence-corrected chi connectivity index (χ4v) is 4.65. The molecule has 1 aromatic heterocycles. The number of sulfonamides is 1. The summed E-state index contributed by atoms with van der Waals surface area (Å²) < 4.78 is 34.5. The Morgan fingerprint density at radius 1 is 1.22 bits per heavy atom. The molecule has 0 aliphatic heterocycles. The lowest BCUT2D eigenvalue weighted by Crippen LogP contribution is -2.12. The average Bonchev–Trinajstić information content (AvgIpc) is 2.88. The number of hydrogen-bond acceptors (Lipinski definition) is 5. The quantitative estimate of drug-likeness (QED) is 0.679. The van der Waals surface area contributed by atoms with Crippen molar-refractivity contribution in [2.24, 2.45) is 0 Å². The Kier molecular flexibility index (Phi) is 4.56. The normalized spacial score (nSPS) is 11.6. The highest BCUT2D eigenvalue weighted by Crippen LogP contribution is 2.30. The molecule has 0 aliphatic rings. The summed E-state index contributed by atoms with van der Waals surface area (Å²) in [6.07, 6.45) is 0. The van der Waals surface area contributed by atoms with Crippen molar-refractivity contribution in [3.05, 3.63) is 46.9 Å². The summed E-state index contributed by atoms with van der Waals surface area (Å²) in [6.45, 7) is 2.41. The minimum atomic E-state index is -3.67. The number of hydrogen-bond donors (Lipinski definition) is 1. The van der Waals surface area contributed by atoms with Crippen LogP contribution in [0.3, 0.4) is 0 Å². The number of nitrogens with zero attached hydrogens (tertiary/aromatic N) is 1. The van der Waals surface area contributed by atoms with Gasteiger partial charge in [-0.2, -0.15) is 0 Å². The third-order valence-electron chi connectivity index (χ3n) is 3.02. The first kappa shape index (κ1) is 16.2. The molecule has 0 unspecified atom stereocenters. The largest absolute Gasteiger partial charge is 0.494 e.